The molecule has 0 bridgehead atoms. The summed E-state index contributed by atoms with van der Waals surface area (Å²) in [6.07, 6.45) is 3.59. The predicted octanol–water partition coefficient (Wildman–Crippen LogP) is 2.00. The van der Waals surface area contributed by atoms with Gasteiger partial charge in [-0.15, -0.1) is 0 Å². The predicted molar refractivity (Wildman–Crippen MR) is 75.7 cm³/mol. The van der Waals surface area contributed by atoms with Crippen LogP contribution in [0.4, 0.5) is 0 Å². The molecule has 1 aliphatic heterocycles. The van der Waals surface area contributed by atoms with Gasteiger partial charge in [-0.1, -0.05) is 20.8 Å². The summed E-state index contributed by atoms with van der Waals surface area (Å²) in [6, 6.07) is 0. The Balaban J connectivity index is 1.88. The lowest BCUT2D eigenvalue weighted by Gasteiger charge is -2.27. The summed E-state index contributed by atoms with van der Waals surface area (Å²) in [5.74, 6) is 1.43. The second kappa shape index (κ2) is 5.80. The lowest BCUT2D eigenvalue weighted by molar-refractivity contribution is -0.134. The van der Waals surface area contributed by atoms with E-state index < -0.39 is 5.54 Å². The van der Waals surface area contributed by atoms with Crippen LogP contribution in [0.1, 0.15) is 47.0 Å². The molecule has 2 fully saturated rings. The van der Waals surface area contributed by atoms with Gasteiger partial charge in [0.25, 0.3) is 0 Å². The van der Waals surface area contributed by atoms with Crippen molar-refractivity contribution in [2.24, 2.45) is 11.8 Å². The molecule has 1 saturated carbocycles. The van der Waals surface area contributed by atoms with Crippen molar-refractivity contribution >= 4 is 5.91 Å². The molecule has 4 nitrogen and oxygen atoms in total. The highest BCUT2D eigenvalue weighted by Gasteiger charge is 2.47. The fourth-order valence-electron chi connectivity index (χ4n) is 2.63. The number of carbonyl (C=O) groups excluding carboxylic acids is 1. The third-order valence-corrected chi connectivity index (χ3v) is 4.40. The van der Waals surface area contributed by atoms with E-state index in [0.29, 0.717) is 19.1 Å². The molecule has 2 aliphatic rings. The molecular formula is C15H28N2O2. The van der Waals surface area contributed by atoms with Gasteiger partial charge in [0.15, 0.2) is 0 Å². The highest BCUT2D eigenvalue weighted by atomic mass is 16.5. The summed E-state index contributed by atoms with van der Waals surface area (Å²) in [5, 5.41) is 3.50. The molecule has 1 heterocycles. The molecule has 2 unspecified atom stereocenters. The molecule has 2 rings (SSSR count). The van der Waals surface area contributed by atoms with Crippen LogP contribution < -0.4 is 5.32 Å². The van der Waals surface area contributed by atoms with Crippen LogP contribution in [0.5, 0.6) is 0 Å². The summed E-state index contributed by atoms with van der Waals surface area (Å²) in [5.41, 5.74) is -0.397. The van der Waals surface area contributed by atoms with E-state index >= 15 is 0 Å². The number of hydrogen-bond acceptors (Lipinski definition) is 3. The Morgan fingerprint density at radius 1 is 1.47 bits per heavy atom. The van der Waals surface area contributed by atoms with Crippen LogP contribution in [0.15, 0.2) is 0 Å². The maximum Gasteiger partial charge on any atom is 0.243 e. The van der Waals surface area contributed by atoms with Crippen LogP contribution in [0.3, 0.4) is 0 Å². The first-order valence-electron chi connectivity index (χ1n) is 7.64. The number of rotatable bonds is 7. The second-order valence-electron chi connectivity index (χ2n) is 6.54. The zero-order valence-corrected chi connectivity index (χ0v) is 12.7. The topological polar surface area (TPSA) is 41.6 Å². The molecule has 0 aromatic heterocycles. The Labute approximate surface area is 116 Å². The molecule has 110 valence electrons. The molecule has 0 aromatic carbocycles. The molecule has 1 saturated heterocycles. The number of carbonyl (C=O) groups is 1. The van der Waals surface area contributed by atoms with E-state index in [9.17, 15) is 4.79 Å². The summed E-state index contributed by atoms with van der Waals surface area (Å²) >= 11 is 0. The fraction of sp³-hybridized carbons (Fsp3) is 0.933. The van der Waals surface area contributed by atoms with Crippen LogP contribution in [-0.4, -0.2) is 42.3 Å². The van der Waals surface area contributed by atoms with Gasteiger partial charge in [-0.2, -0.15) is 0 Å². The largest absolute Gasteiger partial charge is 0.379 e. The maximum absolute atomic E-state index is 12.5. The van der Waals surface area contributed by atoms with Gasteiger partial charge in [-0.3, -0.25) is 10.1 Å². The molecule has 1 aliphatic carbocycles. The van der Waals surface area contributed by atoms with E-state index in [2.05, 4.69) is 26.1 Å². The van der Waals surface area contributed by atoms with E-state index in [1.54, 1.807) is 0 Å². The summed E-state index contributed by atoms with van der Waals surface area (Å²) in [7, 11) is 0. The van der Waals surface area contributed by atoms with E-state index in [1.165, 1.54) is 12.8 Å². The third-order valence-electron chi connectivity index (χ3n) is 4.40. The monoisotopic (exact) mass is 268 g/mol. The minimum atomic E-state index is -0.397. The number of ether oxygens (including phenoxy) is 1. The van der Waals surface area contributed by atoms with Gasteiger partial charge >= 0.3 is 0 Å². The van der Waals surface area contributed by atoms with E-state index in [-0.39, 0.29) is 12.1 Å². The molecule has 1 amide bonds. The quantitative estimate of drug-likeness (QED) is 0.718. The molecule has 4 heteroatoms. The molecule has 0 radical (unpaired) electrons. The zero-order chi connectivity index (χ0) is 14.0. The summed E-state index contributed by atoms with van der Waals surface area (Å²) < 4.78 is 5.68. The van der Waals surface area contributed by atoms with Gasteiger partial charge in [0, 0.05) is 13.2 Å². The van der Waals surface area contributed by atoms with Crippen molar-refractivity contribution in [3.8, 4) is 0 Å². The first-order valence-corrected chi connectivity index (χ1v) is 7.64. The van der Waals surface area contributed by atoms with Gasteiger partial charge < -0.3 is 9.64 Å². The van der Waals surface area contributed by atoms with E-state index in [0.717, 1.165) is 18.9 Å². The SMILES string of the molecule is CCC1(C)NC(C(C)C)N(CCOCC2CC2)C1=O. The lowest BCUT2D eigenvalue weighted by Crippen LogP contribution is -2.45. The highest BCUT2D eigenvalue weighted by molar-refractivity contribution is 5.88. The van der Waals surface area contributed by atoms with Gasteiger partial charge in [-0.05, 0) is 38.0 Å². The van der Waals surface area contributed by atoms with Crippen LogP contribution in [0.2, 0.25) is 0 Å². The van der Waals surface area contributed by atoms with Crippen LogP contribution in [0, 0.1) is 11.8 Å². The third kappa shape index (κ3) is 3.29. The minimum Gasteiger partial charge on any atom is -0.379 e. The molecule has 0 spiro atoms. The van der Waals surface area contributed by atoms with E-state index in [4.69, 9.17) is 4.74 Å². The molecule has 0 aromatic rings. The first kappa shape index (κ1) is 14.8. The Kier molecular flexibility index (Phi) is 4.51. The summed E-state index contributed by atoms with van der Waals surface area (Å²) in [6.45, 7) is 10.6. The normalized spacial score (nSPS) is 31.5. The Morgan fingerprint density at radius 3 is 2.68 bits per heavy atom. The fourth-order valence-corrected chi connectivity index (χ4v) is 2.63. The Hall–Kier alpha value is -0.610. The van der Waals surface area contributed by atoms with Gasteiger partial charge in [0.1, 0.15) is 0 Å². The van der Waals surface area contributed by atoms with Crippen molar-refractivity contribution in [2.75, 3.05) is 19.8 Å². The molecular weight excluding hydrogens is 240 g/mol. The Morgan fingerprint density at radius 2 is 2.16 bits per heavy atom. The first-order chi connectivity index (χ1) is 8.98. The Bertz CT molecular complexity index is 328. The van der Waals surface area contributed by atoms with Crippen molar-refractivity contribution in [1.82, 2.24) is 10.2 Å². The number of hydrogen-bond donors (Lipinski definition) is 1. The molecule has 19 heavy (non-hydrogen) atoms. The van der Waals surface area contributed by atoms with Crippen molar-refractivity contribution in [1.29, 1.82) is 0 Å². The standard InChI is InChI=1S/C15H28N2O2/c1-5-15(4)14(18)17(13(16-15)11(2)3)8-9-19-10-12-6-7-12/h11-13,16H,5-10H2,1-4H3. The number of amides is 1. The van der Waals surface area contributed by atoms with Crippen LogP contribution in [-0.2, 0) is 9.53 Å². The smallest absolute Gasteiger partial charge is 0.243 e. The van der Waals surface area contributed by atoms with E-state index in [1.807, 2.05) is 11.8 Å². The average molecular weight is 268 g/mol. The maximum atomic E-state index is 12.5. The molecule has 2 atom stereocenters. The van der Waals surface area contributed by atoms with Gasteiger partial charge in [0.2, 0.25) is 5.91 Å². The zero-order valence-electron chi connectivity index (χ0n) is 12.7. The minimum absolute atomic E-state index is 0.141. The second-order valence-corrected chi connectivity index (χ2v) is 6.54. The van der Waals surface area contributed by atoms with Gasteiger partial charge in [-0.25, -0.2) is 0 Å². The van der Waals surface area contributed by atoms with Crippen molar-refractivity contribution in [2.45, 2.75) is 58.7 Å². The van der Waals surface area contributed by atoms with Crippen LogP contribution >= 0.6 is 0 Å². The highest BCUT2D eigenvalue weighted by Crippen LogP contribution is 2.29. The average Bonchev–Trinajstić information content (AvgIpc) is 3.15. The van der Waals surface area contributed by atoms with Crippen molar-refractivity contribution in [3.05, 3.63) is 0 Å². The van der Waals surface area contributed by atoms with Crippen LogP contribution in [0.25, 0.3) is 0 Å². The summed E-state index contributed by atoms with van der Waals surface area (Å²) in [4.78, 5) is 14.5. The van der Waals surface area contributed by atoms with Crippen molar-refractivity contribution < 1.29 is 9.53 Å². The molecule has 1 N–H and O–H groups in total. The van der Waals surface area contributed by atoms with Crippen molar-refractivity contribution in [3.63, 3.8) is 0 Å². The van der Waals surface area contributed by atoms with Gasteiger partial charge in [0.05, 0.1) is 18.3 Å². The number of nitrogens with zero attached hydrogens (tertiary/aromatic N) is 1. The number of nitrogens with one attached hydrogen (secondary N) is 1. The lowest BCUT2D eigenvalue weighted by atomic mass is 9.99.